The minimum atomic E-state index is -3.73. The van der Waals surface area contributed by atoms with E-state index in [1.807, 2.05) is 26.8 Å². The van der Waals surface area contributed by atoms with Crippen molar-refractivity contribution in [1.29, 1.82) is 0 Å². The Hall–Kier alpha value is -1.44. The van der Waals surface area contributed by atoms with Gasteiger partial charge in [-0.2, -0.15) is 4.31 Å². The lowest BCUT2D eigenvalue weighted by Crippen LogP contribution is -2.50. The van der Waals surface area contributed by atoms with Crippen molar-refractivity contribution < 1.29 is 13.2 Å². The number of carbonyl (C=O) groups is 1. The molecule has 1 fully saturated rings. The van der Waals surface area contributed by atoms with Crippen LogP contribution in [0.1, 0.15) is 37.0 Å². The molecule has 152 valence electrons. The molecule has 1 saturated heterocycles. The molecule has 7 heteroatoms. The molecule has 0 bridgehead atoms. The van der Waals surface area contributed by atoms with Gasteiger partial charge in [0.2, 0.25) is 15.9 Å². The van der Waals surface area contributed by atoms with E-state index in [9.17, 15) is 13.2 Å². The summed E-state index contributed by atoms with van der Waals surface area (Å²) in [5.41, 5.74) is 2.73. The van der Waals surface area contributed by atoms with E-state index in [-0.39, 0.29) is 12.5 Å². The Morgan fingerprint density at radius 2 is 1.70 bits per heavy atom. The molecule has 1 N–H and O–H groups in total. The van der Waals surface area contributed by atoms with Crippen molar-refractivity contribution in [2.24, 2.45) is 5.92 Å². The van der Waals surface area contributed by atoms with E-state index in [1.165, 1.54) is 4.31 Å². The number of carbonyl (C=O) groups excluding carboxylic acids is 1. The topological polar surface area (TPSA) is 69.7 Å². The third kappa shape index (κ3) is 5.53. The molecule has 0 aromatic heterocycles. The quantitative estimate of drug-likeness (QED) is 0.767. The molecule has 0 spiro atoms. The van der Waals surface area contributed by atoms with E-state index in [0.29, 0.717) is 30.4 Å². The van der Waals surface area contributed by atoms with Crippen molar-refractivity contribution in [1.82, 2.24) is 14.5 Å². The first-order valence-electron chi connectivity index (χ1n) is 9.69. The highest BCUT2D eigenvalue weighted by Gasteiger charge is 2.30. The van der Waals surface area contributed by atoms with Gasteiger partial charge in [0.15, 0.2) is 0 Å². The largest absolute Gasteiger partial charge is 0.339 e. The van der Waals surface area contributed by atoms with Crippen LogP contribution in [0.3, 0.4) is 0 Å². The number of amides is 1. The van der Waals surface area contributed by atoms with Gasteiger partial charge in [-0.1, -0.05) is 19.9 Å². The Morgan fingerprint density at radius 1 is 1.11 bits per heavy atom. The SMILES string of the molecule is Cc1cc(C)c(S(=O)(=O)N(CCC(C)C)CC(=O)N2CCNCC2)cc1C. The second-order valence-corrected chi connectivity index (χ2v) is 9.76. The number of nitrogens with one attached hydrogen (secondary N) is 1. The molecule has 27 heavy (non-hydrogen) atoms. The summed E-state index contributed by atoms with van der Waals surface area (Å²) >= 11 is 0. The van der Waals surface area contributed by atoms with Gasteiger partial charge in [0.1, 0.15) is 0 Å². The van der Waals surface area contributed by atoms with Gasteiger partial charge in [-0.05, 0) is 55.9 Å². The van der Waals surface area contributed by atoms with Crippen LogP contribution in [-0.2, 0) is 14.8 Å². The predicted molar refractivity (Wildman–Crippen MR) is 108 cm³/mol. The third-order valence-electron chi connectivity index (χ3n) is 5.15. The molecular formula is C20H33N3O3S. The van der Waals surface area contributed by atoms with Crippen molar-refractivity contribution in [2.75, 3.05) is 39.3 Å². The van der Waals surface area contributed by atoms with Crippen LogP contribution in [0.4, 0.5) is 0 Å². The summed E-state index contributed by atoms with van der Waals surface area (Å²) in [5.74, 6) is 0.239. The molecule has 1 aliphatic heterocycles. The Kier molecular flexibility index (Phi) is 7.42. The lowest BCUT2D eigenvalue weighted by atomic mass is 10.1. The minimum absolute atomic E-state index is 0.0958. The van der Waals surface area contributed by atoms with Crippen LogP contribution in [0.15, 0.2) is 17.0 Å². The second-order valence-electron chi connectivity index (χ2n) is 7.85. The summed E-state index contributed by atoms with van der Waals surface area (Å²) in [4.78, 5) is 14.8. The molecule has 1 aromatic carbocycles. The van der Waals surface area contributed by atoms with Crippen LogP contribution >= 0.6 is 0 Å². The normalized spacial score (nSPS) is 15.6. The van der Waals surface area contributed by atoms with Crippen LogP contribution in [0.25, 0.3) is 0 Å². The molecule has 1 amide bonds. The summed E-state index contributed by atoms with van der Waals surface area (Å²) in [6, 6.07) is 3.64. The number of rotatable bonds is 7. The van der Waals surface area contributed by atoms with Gasteiger partial charge in [-0.15, -0.1) is 0 Å². The van der Waals surface area contributed by atoms with Gasteiger partial charge < -0.3 is 10.2 Å². The Morgan fingerprint density at radius 3 is 2.30 bits per heavy atom. The molecule has 1 aliphatic rings. The van der Waals surface area contributed by atoms with Gasteiger partial charge in [-0.3, -0.25) is 4.79 Å². The summed E-state index contributed by atoms with van der Waals surface area (Å²) in [6.07, 6.45) is 0.720. The molecule has 0 unspecified atom stereocenters. The lowest BCUT2D eigenvalue weighted by Gasteiger charge is -2.30. The molecule has 0 radical (unpaired) electrons. The van der Waals surface area contributed by atoms with Gasteiger partial charge >= 0.3 is 0 Å². The minimum Gasteiger partial charge on any atom is -0.339 e. The average molecular weight is 396 g/mol. The van der Waals surface area contributed by atoms with Crippen LogP contribution in [0.2, 0.25) is 0 Å². The molecule has 0 aliphatic carbocycles. The van der Waals surface area contributed by atoms with Crippen molar-refractivity contribution >= 4 is 15.9 Å². The van der Waals surface area contributed by atoms with Crippen molar-refractivity contribution in [2.45, 2.75) is 45.9 Å². The maximum absolute atomic E-state index is 13.4. The molecule has 0 atom stereocenters. The highest BCUT2D eigenvalue weighted by atomic mass is 32.2. The van der Waals surface area contributed by atoms with Crippen LogP contribution in [0.5, 0.6) is 0 Å². The van der Waals surface area contributed by atoms with E-state index in [4.69, 9.17) is 0 Å². The number of nitrogens with zero attached hydrogens (tertiary/aromatic N) is 2. The fourth-order valence-corrected chi connectivity index (χ4v) is 4.90. The molecular weight excluding hydrogens is 362 g/mol. The molecule has 6 nitrogen and oxygen atoms in total. The fourth-order valence-electron chi connectivity index (χ4n) is 3.20. The summed E-state index contributed by atoms with van der Waals surface area (Å²) in [6.45, 7) is 12.8. The molecule has 1 heterocycles. The highest BCUT2D eigenvalue weighted by Crippen LogP contribution is 2.24. The first-order valence-corrected chi connectivity index (χ1v) is 11.1. The molecule has 0 saturated carbocycles. The Labute approximate surface area is 164 Å². The summed E-state index contributed by atoms with van der Waals surface area (Å²) in [5, 5.41) is 3.21. The monoisotopic (exact) mass is 395 g/mol. The average Bonchev–Trinajstić information content (AvgIpc) is 2.61. The van der Waals surface area contributed by atoms with Crippen LogP contribution in [0, 0.1) is 26.7 Å². The van der Waals surface area contributed by atoms with E-state index in [0.717, 1.165) is 36.2 Å². The predicted octanol–water partition coefficient (Wildman–Crippen LogP) is 2.08. The van der Waals surface area contributed by atoms with Gasteiger partial charge in [0.05, 0.1) is 11.4 Å². The zero-order valence-electron chi connectivity index (χ0n) is 17.2. The molecule has 1 aromatic rings. The summed E-state index contributed by atoms with van der Waals surface area (Å²) in [7, 11) is -3.73. The number of sulfonamides is 1. The van der Waals surface area contributed by atoms with Crippen LogP contribution < -0.4 is 5.32 Å². The van der Waals surface area contributed by atoms with Gasteiger partial charge in [0, 0.05) is 32.7 Å². The second kappa shape index (κ2) is 9.17. The number of benzene rings is 1. The lowest BCUT2D eigenvalue weighted by molar-refractivity contribution is -0.132. The van der Waals surface area contributed by atoms with E-state index in [2.05, 4.69) is 19.2 Å². The number of aryl methyl sites for hydroxylation is 3. The van der Waals surface area contributed by atoms with Crippen LogP contribution in [-0.4, -0.2) is 62.8 Å². The van der Waals surface area contributed by atoms with Crippen molar-refractivity contribution in [3.63, 3.8) is 0 Å². The first kappa shape index (κ1) is 21.9. The van der Waals surface area contributed by atoms with Gasteiger partial charge in [0.25, 0.3) is 0 Å². The maximum atomic E-state index is 13.4. The fraction of sp³-hybridized carbons (Fsp3) is 0.650. The number of hydrogen-bond acceptors (Lipinski definition) is 4. The molecule has 2 rings (SSSR count). The highest BCUT2D eigenvalue weighted by molar-refractivity contribution is 7.89. The van der Waals surface area contributed by atoms with Gasteiger partial charge in [-0.25, -0.2) is 8.42 Å². The standard InChI is InChI=1S/C20H33N3O3S/c1-15(2)6-9-23(14-20(24)22-10-7-21-8-11-22)27(25,26)19-13-17(4)16(3)12-18(19)5/h12-13,15,21H,6-11,14H2,1-5H3. The number of piperazine rings is 1. The Balaban J connectivity index is 2.31. The zero-order chi connectivity index (χ0) is 20.2. The van der Waals surface area contributed by atoms with E-state index >= 15 is 0 Å². The smallest absolute Gasteiger partial charge is 0.243 e. The van der Waals surface area contributed by atoms with E-state index in [1.54, 1.807) is 11.0 Å². The maximum Gasteiger partial charge on any atom is 0.243 e. The third-order valence-corrected chi connectivity index (χ3v) is 7.13. The first-order chi connectivity index (χ1) is 12.6. The summed E-state index contributed by atoms with van der Waals surface area (Å²) < 4.78 is 28.2. The Bertz CT molecular complexity index is 769. The van der Waals surface area contributed by atoms with Crippen molar-refractivity contribution in [3.05, 3.63) is 28.8 Å². The zero-order valence-corrected chi connectivity index (χ0v) is 18.0. The van der Waals surface area contributed by atoms with E-state index < -0.39 is 10.0 Å². The number of hydrogen-bond donors (Lipinski definition) is 1. The van der Waals surface area contributed by atoms with Crippen molar-refractivity contribution in [3.8, 4) is 0 Å².